The standard InChI is InChI=1S/C17H28O3/c18-9-7-5-3-1-2-4-6-8-15-16-12-14(19)10-13(16)11-17(15)20/h6,8,13,15-18,20H,1-5,7,9-12H2/b8-6+/t13-,15+,16-,17+/m0/s1. The van der Waals surface area contributed by atoms with Crippen LogP contribution in [0.15, 0.2) is 12.2 Å². The maximum atomic E-state index is 11.5. The second-order valence-corrected chi connectivity index (χ2v) is 6.46. The minimum Gasteiger partial charge on any atom is -0.396 e. The Bertz CT molecular complexity index is 337. The van der Waals surface area contributed by atoms with E-state index in [1.54, 1.807) is 0 Å². The number of hydrogen-bond donors (Lipinski definition) is 2. The molecule has 0 aliphatic heterocycles. The van der Waals surface area contributed by atoms with Crippen LogP contribution in [-0.4, -0.2) is 28.7 Å². The Kier molecular flexibility index (Phi) is 6.24. The summed E-state index contributed by atoms with van der Waals surface area (Å²) < 4.78 is 0. The number of allylic oxidation sites excluding steroid dienone is 1. The van der Waals surface area contributed by atoms with E-state index >= 15 is 0 Å². The number of hydrogen-bond acceptors (Lipinski definition) is 3. The van der Waals surface area contributed by atoms with Crippen LogP contribution < -0.4 is 0 Å². The van der Waals surface area contributed by atoms with E-state index in [1.165, 1.54) is 19.3 Å². The van der Waals surface area contributed by atoms with Crippen molar-refractivity contribution in [3.8, 4) is 0 Å². The van der Waals surface area contributed by atoms with Crippen LogP contribution >= 0.6 is 0 Å². The van der Waals surface area contributed by atoms with Gasteiger partial charge in [-0.1, -0.05) is 31.4 Å². The van der Waals surface area contributed by atoms with Crippen molar-refractivity contribution in [2.45, 2.75) is 63.9 Å². The van der Waals surface area contributed by atoms with Gasteiger partial charge in [-0.2, -0.15) is 0 Å². The fourth-order valence-electron chi connectivity index (χ4n) is 3.85. The third-order valence-corrected chi connectivity index (χ3v) is 4.93. The molecule has 0 saturated heterocycles. The van der Waals surface area contributed by atoms with E-state index in [9.17, 15) is 9.90 Å². The number of carbonyl (C=O) groups excluding carboxylic acids is 1. The number of rotatable bonds is 8. The summed E-state index contributed by atoms with van der Waals surface area (Å²) in [5.41, 5.74) is 0. The molecule has 0 amide bonds. The molecular weight excluding hydrogens is 252 g/mol. The summed E-state index contributed by atoms with van der Waals surface area (Å²) >= 11 is 0. The SMILES string of the molecule is O=C1C[C@H]2C[C@@H](O)[C@H](/C=C/CCCCCCCO)[C@H]2C1. The average molecular weight is 280 g/mol. The molecule has 3 heteroatoms. The number of carbonyl (C=O) groups is 1. The van der Waals surface area contributed by atoms with Crippen molar-refractivity contribution in [3.63, 3.8) is 0 Å². The molecule has 0 radical (unpaired) electrons. The molecule has 2 N–H and O–H groups in total. The van der Waals surface area contributed by atoms with Crippen molar-refractivity contribution < 1.29 is 15.0 Å². The van der Waals surface area contributed by atoms with E-state index in [-0.39, 0.29) is 12.0 Å². The first kappa shape index (κ1) is 15.7. The normalized spacial score (nSPS) is 33.2. The van der Waals surface area contributed by atoms with E-state index in [1.807, 2.05) is 0 Å². The van der Waals surface area contributed by atoms with Crippen molar-refractivity contribution in [2.75, 3.05) is 6.61 Å². The van der Waals surface area contributed by atoms with E-state index < -0.39 is 0 Å². The molecule has 2 saturated carbocycles. The van der Waals surface area contributed by atoms with Gasteiger partial charge in [0.2, 0.25) is 0 Å². The molecule has 0 bridgehead atoms. The van der Waals surface area contributed by atoms with Crippen LogP contribution in [0, 0.1) is 17.8 Å². The molecule has 0 aromatic rings. The van der Waals surface area contributed by atoms with Gasteiger partial charge in [-0.25, -0.2) is 0 Å². The zero-order chi connectivity index (χ0) is 14.4. The van der Waals surface area contributed by atoms with Gasteiger partial charge in [0.25, 0.3) is 0 Å². The van der Waals surface area contributed by atoms with Gasteiger partial charge < -0.3 is 10.2 Å². The first-order chi connectivity index (χ1) is 9.72. The molecule has 0 aromatic heterocycles. The van der Waals surface area contributed by atoms with E-state index in [0.717, 1.165) is 25.7 Å². The molecule has 3 nitrogen and oxygen atoms in total. The first-order valence-electron chi connectivity index (χ1n) is 8.19. The smallest absolute Gasteiger partial charge is 0.133 e. The summed E-state index contributed by atoms with van der Waals surface area (Å²) in [6.07, 6.45) is 13.0. The second-order valence-electron chi connectivity index (χ2n) is 6.46. The highest BCUT2D eigenvalue weighted by atomic mass is 16.3. The molecule has 0 unspecified atom stereocenters. The molecular formula is C17H28O3. The fraction of sp³-hybridized carbons (Fsp3) is 0.824. The number of ketones is 1. The zero-order valence-electron chi connectivity index (χ0n) is 12.3. The van der Waals surface area contributed by atoms with E-state index in [2.05, 4.69) is 12.2 Å². The fourth-order valence-corrected chi connectivity index (χ4v) is 3.85. The highest BCUT2D eigenvalue weighted by Crippen LogP contribution is 2.46. The average Bonchev–Trinajstić information content (AvgIpc) is 2.89. The van der Waals surface area contributed by atoms with E-state index in [0.29, 0.717) is 37.1 Å². The van der Waals surface area contributed by atoms with Crippen molar-refractivity contribution >= 4 is 5.78 Å². The molecule has 2 aliphatic rings. The van der Waals surface area contributed by atoms with Gasteiger partial charge in [0.05, 0.1) is 6.10 Å². The van der Waals surface area contributed by atoms with Crippen LogP contribution in [0.3, 0.4) is 0 Å². The second kappa shape index (κ2) is 7.94. The lowest BCUT2D eigenvalue weighted by Gasteiger charge is -2.16. The van der Waals surface area contributed by atoms with Crippen molar-refractivity contribution in [2.24, 2.45) is 17.8 Å². The lowest BCUT2D eigenvalue weighted by Crippen LogP contribution is -2.17. The summed E-state index contributed by atoms with van der Waals surface area (Å²) in [5, 5.41) is 18.8. The Morgan fingerprint density at radius 1 is 1.10 bits per heavy atom. The van der Waals surface area contributed by atoms with Gasteiger partial charge in [-0.3, -0.25) is 4.79 Å². The molecule has 4 atom stereocenters. The largest absolute Gasteiger partial charge is 0.396 e. The summed E-state index contributed by atoms with van der Waals surface area (Å²) in [5.74, 6) is 1.43. The van der Waals surface area contributed by atoms with Crippen LogP contribution in [0.25, 0.3) is 0 Å². The Hall–Kier alpha value is -0.670. The first-order valence-corrected chi connectivity index (χ1v) is 8.19. The topological polar surface area (TPSA) is 57.5 Å². The van der Waals surface area contributed by atoms with Gasteiger partial charge in [0, 0.05) is 25.4 Å². The number of aliphatic hydroxyl groups excluding tert-OH is 2. The molecule has 0 heterocycles. The van der Waals surface area contributed by atoms with Crippen LogP contribution in [0.1, 0.15) is 57.8 Å². The van der Waals surface area contributed by atoms with Crippen LogP contribution in [0.5, 0.6) is 0 Å². The summed E-state index contributed by atoms with van der Waals surface area (Å²) in [4.78, 5) is 11.5. The number of unbranched alkanes of at least 4 members (excludes halogenated alkanes) is 5. The van der Waals surface area contributed by atoms with Gasteiger partial charge in [0.1, 0.15) is 5.78 Å². The molecule has 2 aliphatic carbocycles. The van der Waals surface area contributed by atoms with Crippen molar-refractivity contribution in [1.29, 1.82) is 0 Å². The molecule has 2 rings (SSSR count). The highest BCUT2D eigenvalue weighted by molar-refractivity contribution is 5.81. The third kappa shape index (κ3) is 4.16. The highest BCUT2D eigenvalue weighted by Gasteiger charge is 2.46. The number of Topliss-reactive ketones (excluding diaryl/α,β-unsaturated/α-hetero) is 1. The zero-order valence-corrected chi connectivity index (χ0v) is 12.3. The van der Waals surface area contributed by atoms with E-state index in [4.69, 9.17) is 5.11 Å². The lowest BCUT2D eigenvalue weighted by atomic mass is 9.90. The molecule has 2 fully saturated rings. The summed E-state index contributed by atoms with van der Waals surface area (Å²) in [6.45, 7) is 0.306. The Morgan fingerprint density at radius 2 is 1.85 bits per heavy atom. The maximum Gasteiger partial charge on any atom is 0.133 e. The monoisotopic (exact) mass is 280 g/mol. The lowest BCUT2D eigenvalue weighted by molar-refractivity contribution is -0.118. The van der Waals surface area contributed by atoms with Crippen molar-refractivity contribution in [3.05, 3.63) is 12.2 Å². The quantitative estimate of drug-likeness (QED) is 0.531. The summed E-state index contributed by atoms with van der Waals surface area (Å²) in [7, 11) is 0. The Balaban J connectivity index is 1.65. The summed E-state index contributed by atoms with van der Waals surface area (Å²) in [6, 6.07) is 0. The van der Waals surface area contributed by atoms with Crippen LogP contribution in [0.4, 0.5) is 0 Å². The van der Waals surface area contributed by atoms with Gasteiger partial charge in [0.15, 0.2) is 0 Å². The molecule has 20 heavy (non-hydrogen) atoms. The predicted octanol–water partition coefficient (Wildman–Crippen LogP) is 2.85. The van der Waals surface area contributed by atoms with Gasteiger partial charge >= 0.3 is 0 Å². The van der Waals surface area contributed by atoms with Crippen molar-refractivity contribution in [1.82, 2.24) is 0 Å². The minimum absolute atomic E-state index is 0.209. The molecule has 114 valence electrons. The molecule has 0 spiro atoms. The number of aliphatic hydroxyl groups is 2. The third-order valence-electron chi connectivity index (χ3n) is 4.93. The van der Waals surface area contributed by atoms with Crippen LogP contribution in [-0.2, 0) is 4.79 Å². The predicted molar refractivity (Wildman–Crippen MR) is 79.3 cm³/mol. The minimum atomic E-state index is -0.237. The Morgan fingerprint density at radius 3 is 2.65 bits per heavy atom. The van der Waals surface area contributed by atoms with Gasteiger partial charge in [-0.15, -0.1) is 0 Å². The maximum absolute atomic E-state index is 11.5. The molecule has 0 aromatic carbocycles. The Labute approximate surface area is 122 Å². The number of fused-ring (bicyclic) bond motifs is 1. The van der Waals surface area contributed by atoms with Crippen LogP contribution in [0.2, 0.25) is 0 Å². The van der Waals surface area contributed by atoms with Gasteiger partial charge in [-0.05, 0) is 37.5 Å².